The third kappa shape index (κ3) is 4.70. The van der Waals surface area contributed by atoms with Gasteiger partial charge in [-0.2, -0.15) is 17.4 Å². The summed E-state index contributed by atoms with van der Waals surface area (Å²) in [6, 6.07) is 11.1. The van der Waals surface area contributed by atoms with Crippen LogP contribution in [0.1, 0.15) is 12.8 Å². The Morgan fingerprint density at radius 2 is 1.24 bits per heavy atom. The van der Waals surface area contributed by atoms with Gasteiger partial charge in [0.15, 0.2) is 0 Å². The lowest BCUT2D eigenvalue weighted by molar-refractivity contribution is -0.0498. The molecule has 0 aliphatic carbocycles. The monoisotopic (exact) mass is 502 g/mol. The first-order valence-corrected chi connectivity index (χ1v) is 13.1. The second-order valence-electron chi connectivity index (χ2n) is 8.20. The Morgan fingerprint density at radius 3 is 1.70 bits per heavy atom. The van der Waals surface area contributed by atoms with Crippen LogP contribution in [0.25, 0.3) is 0 Å². The largest absolute Gasteiger partial charge is 0.497 e. The van der Waals surface area contributed by atoms with E-state index in [0.717, 1.165) is 0 Å². The average molecular weight is 503 g/mol. The molecule has 0 atom stereocenters. The van der Waals surface area contributed by atoms with E-state index in [9.17, 15) is 25.6 Å². The zero-order valence-corrected chi connectivity index (χ0v) is 19.5. The van der Waals surface area contributed by atoms with Crippen molar-refractivity contribution in [3.8, 4) is 11.5 Å². The van der Waals surface area contributed by atoms with E-state index in [1.54, 1.807) is 12.1 Å². The van der Waals surface area contributed by atoms with Crippen molar-refractivity contribution < 1.29 is 35.1 Å². The molecule has 2 fully saturated rings. The van der Waals surface area contributed by atoms with Gasteiger partial charge in [-0.25, -0.2) is 16.8 Å². The topological polar surface area (TPSA) is 93.2 Å². The summed E-state index contributed by atoms with van der Waals surface area (Å²) in [6.45, 7) is -1.78. The molecule has 0 amide bonds. The molecule has 2 aliphatic rings. The van der Waals surface area contributed by atoms with Crippen LogP contribution in [0.15, 0.2) is 58.3 Å². The molecule has 4 rings (SSSR count). The molecule has 2 aliphatic heterocycles. The first kappa shape index (κ1) is 23.9. The smallest absolute Gasteiger partial charge is 0.387 e. The van der Waals surface area contributed by atoms with Crippen LogP contribution in [0.4, 0.5) is 8.78 Å². The molecule has 0 bridgehead atoms. The second-order valence-corrected chi connectivity index (χ2v) is 12.1. The van der Waals surface area contributed by atoms with Crippen LogP contribution in [0.2, 0.25) is 0 Å². The molecule has 0 radical (unpaired) electrons. The van der Waals surface area contributed by atoms with Gasteiger partial charge in [-0.05, 0) is 61.4 Å². The van der Waals surface area contributed by atoms with Gasteiger partial charge in [0.05, 0.1) is 16.9 Å². The van der Waals surface area contributed by atoms with Crippen LogP contribution >= 0.6 is 0 Å². The number of sulfonamides is 2. The van der Waals surface area contributed by atoms with Crippen LogP contribution in [0.5, 0.6) is 11.5 Å². The fourth-order valence-electron chi connectivity index (χ4n) is 4.23. The van der Waals surface area contributed by atoms with Gasteiger partial charge in [0.1, 0.15) is 11.5 Å². The van der Waals surface area contributed by atoms with Crippen molar-refractivity contribution in [3.05, 3.63) is 48.5 Å². The maximum absolute atomic E-state index is 12.9. The molecule has 12 heteroatoms. The highest BCUT2D eigenvalue weighted by Crippen LogP contribution is 2.44. The van der Waals surface area contributed by atoms with E-state index >= 15 is 0 Å². The van der Waals surface area contributed by atoms with Gasteiger partial charge in [-0.3, -0.25) is 0 Å². The number of alkyl halides is 2. The zero-order chi connectivity index (χ0) is 23.9. The molecule has 0 N–H and O–H groups in total. The predicted molar refractivity (Wildman–Crippen MR) is 115 cm³/mol. The van der Waals surface area contributed by atoms with Crippen molar-refractivity contribution in [1.29, 1.82) is 0 Å². The van der Waals surface area contributed by atoms with Crippen molar-refractivity contribution in [3.63, 3.8) is 0 Å². The van der Waals surface area contributed by atoms with E-state index in [-0.39, 0.29) is 34.0 Å². The Balaban J connectivity index is 1.37. The number of methoxy groups -OCH3 is 1. The summed E-state index contributed by atoms with van der Waals surface area (Å²) in [5, 5.41) is 0. The van der Waals surface area contributed by atoms with Crippen molar-refractivity contribution in [2.45, 2.75) is 29.2 Å². The van der Waals surface area contributed by atoms with E-state index in [1.807, 2.05) is 0 Å². The summed E-state index contributed by atoms with van der Waals surface area (Å²) in [6.07, 6.45) is 1.07. The molecule has 0 saturated carbocycles. The average Bonchev–Trinajstić information content (AvgIpc) is 2.77. The van der Waals surface area contributed by atoms with Gasteiger partial charge in [0, 0.05) is 31.6 Å². The Labute approximate surface area is 191 Å². The lowest BCUT2D eigenvalue weighted by Gasteiger charge is -2.52. The third-order valence-corrected chi connectivity index (χ3v) is 9.91. The maximum atomic E-state index is 12.9. The quantitative estimate of drug-likeness (QED) is 0.578. The van der Waals surface area contributed by atoms with Crippen LogP contribution in [-0.4, -0.2) is 65.3 Å². The minimum absolute atomic E-state index is 0.00242. The zero-order valence-electron chi connectivity index (χ0n) is 17.9. The van der Waals surface area contributed by atoms with E-state index < -0.39 is 26.7 Å². The molecule has 0 unspecified atom stereocenters. The molecule has 180 valence electrons. The van der Waals surface area contributed by atoms with E-state index in [2.05, 4.69) is 4.74 Å². The van der Waals surface area contributed by atoms with E-state index in [4.69, 9.17) is 4.74 Å². The fourth-order valence-corrected chi connectivity index (χ4v) is 7.34. The lowest BCUT2D eigenvalue weighted by Crippen LogP contribution is -2.62. The van der Waals surface area contributed by atoms with Crippen LogP contribution in [0.3, 0.4) is 0 Å². The number of hydrogen-bond donors (Lipinski definition) is 0. The number of benzene rings is 2. The lowest BCUT2D eigenvalue weighted by atomic mass is 9.74. The number of nitrogens with zero attached hydrogens (tertiary/aromatic N) is 2. The Kier molecular flexibility index (Phi) is 6.38. The van der Waals surface area contributed by atoms with Gasteiger partial charge in [0.25, 0.3) is 0 Å². The predicted octanol–water partition coefficient (Wildman–Crippen LogP) is 2.77. The van der Waals surface area contributed by atoms with E-state index in [1.165, 1.54) is 52.1 Å². The summed E-state index contributed by atoms with van der Waals surface area (Å²) in [7, 11) is -5.90. The third-order valence-electron chi connectivity index (χ3n) is 6.19. The molecule has 1 spiro atoms. The summed E-state index contributed by atoms with van der Waals surface area (Å²) in [5.74, 6) is 0.452. The summed E-state index contributed by atoms with van der Waals surface area (Å²) in [4.78, 5) is 0.190. The Bertz CT molecular complexity index is 1190. The normalized spacial score (nSPS) is 19.4. The van der Waals surface area contributed by atoms with Crippen molar-refractivity contribution in [2.24, 2.45) is 5.41 Å². The molecule has 2 heterocycles. The molecule has 8 nitrogen and oxygen atoms in total. The number of halogens is 2. The highest BCUT2D eigenvalue weighted by atomic mass is 32.2. The molecule has 2 aromatic carbocycles. The maximum Gasteiger partial charge on any atom is 0.387 e. The first-order chi connectivity index (χ1) is 15.6. The number of rotatable bonds is 7. The SMILES string of the molecule is COc1ccc(S(=O)(=O)N2CC3(CCN(S(=O)(=O)c4ccc(OC(F)F)cc4)CC3)C2)cc1. The number of hydrogen-bond acceptors (Lipinski definition) is 6. The van der Waals surface area contributed by atoms with Crippen molar-refractivity contribution >= 4 is 20.0 Å². The summed E-state index contributed by atoms with van der Waals surface area (Å²) < 4.78 is 88.2. The molecule has 2 aromatic rings. The van der Waals surface area contributed by atoms with Crippen LogP contribution in [0, 0.1) is 5.41 Å². The second kappa shape index (κ2) is 8.82. The van der Waals surface area contributed by atoms with Gasteiger partial charge >= 0.3 is 6.61 Å². The number of piperidine rings is 1. The first-order valence-electron chi connectivity index (χ1n) is 10.3. The molecule has 33 heavy (non-hydrogen) atoms. The molecule has 0 aromatic heterocycles. The van der Waals surface area contributed by atoms with E-state index in [0.29, 0.717) is 31.7 Å². The summed E-state index contributed by atoms with van der Waals surface area (Å²) >= 11 is 0. The minimum atomic E-state index is -3.79. The van der Waals surface area contributed by atoms with Gasteiger partial charge < -0.3 is 9.47 Å². The Hall–Kier alpha value is -2.28. The van der Waals surface area contributed by atoms with Gasteiger partial charge in [-0.1, -0.05) is 0 Å². The highest BCUT2D eigenvalue weighted by molar-refractivity contribution is 7.89. The van der Waals surface area contributed by atoms with Gasteiger partial charge in [0.2, 0.25) is 20.0 Å². The van der Waals surface area contributed by atoms with Gasteiger partial charge in [-0.15, -0.1) is 0 Å². The molecular formula is C21H24F2N2O6S2. The van der Waals surface area contributed by atoms with Crippen molar-refractivity contribution in [2.75, 3.05) is 33.3 Å². The number of ether oxygens (including phenoxy) is 2. The van der Waals surface area contributed by atoms with Crippen molar-refractivity contribution in [1.82, 2.24) is 8.61 Å². The summed E-state index contributed by atoms with van der Waals surface area (Å²) in [5.41, 5.74) is -0.249. The molecule has 2 saturated heterocycles. The highest BCUT2D eigenvalue weighted by Gasteiger charge is 2.50. The van der Waals surface area contributed by atoms with Crippen LogP contribution in [-0.2, 0) is 20.0 Å². The standard InChI is InChI=1S/C21H24F2N2O6S2/c1-30-16-2-6-19(7-3-16)33(28,29)25-14-21(15-25)10-12-24(13-11-21)32(26,27)18-8-4-17(5-9-18)31-20(22)23/h2-9,20H,10-15H2,1H3. The van der Waals surface area contributed by atoms with Crippen LogP contribution < -0.4 is 9.47 Å². The fraction of sp³-hybridized carbons (Fsp3) is 0.429. The Morgan fingerprint density at radius 1 is 0.788 bits per heavy atom. The molecular weight excluding hydrogens is 478 g/mol. The minimum Gasteiger partial charge on any atom is -0.497 e.